The molecule has 108 valence electrons. The molecular formula is C15H19NO4. The molecule has 1 saturated heterocycles. The van der Waals surface area contributed by atoms with E-state index in [1.807, 2.05) is 30.3 Å². The van der Waals surface area contributed by atoms with E-state index in [0.29, 0.717) is 6.54 Å². The second-order valence-corrected chi connectivity index (χ2v) is 4.90. The second-order valence-electron chi connectivity index (χ2n) is 4.90. The van der Waals surface area contributed by atoms with Gasteiger partial charge in [0.2, 0.25) is 0 Å². The molecule has 0 aromatic heterocycles. The van der Waals surface area contributed by atoms with Crippen molar-refractivity contribution in [2.45, 2.75) is 24.4 Å². The summed E-state index contributed by atoms with van der Waals surface area (Å²) in [4.78, 5) is 1.68. The molecule has 4 atom stereocenters. The van der Waals surface area contributed by atoms with Crippen LogP contribution in [0.2, 0.25) is 0 Å². The van der Waals surface area contributed by atoms with Crippen LogP contribution in [0.4, 0.5) is 0 Å². The highest BCUT2D eigenvalue weighted by molar-refractivity contribution is 5.33. The zero-order chi connectivity index (χ0) is 14.5. The first-order valence-corrected chi connectivity index (χ1v) is 6.56. The standard InChI is InChI=1S/C15H19NO4/c17-10-12-14(19)15(20)13(18)9-16(12)8-4-7-11-5-2-1-3-6-11/h1-3,5-6,12-15,17-20H,8-10H2/t12-,13+,14-,15-/m1/s1. The Morgan fingerprint density at radius 1 is 1.10 bits per heavy atom. The van der Waals surface area contributed by atoms with Gasteiger partial charge < -0.3 is 20.4 Å². The molecule has 1 heterocycles. The Labute approximate surface area is 118 Å². The van der Waals surface area contributed by atoms with Crippen molar-refractivity contribution in [1.82, 2.24) is 4.90 Å². The van der Waals surface area contributed by atoms with Crippen molar-refractivity contribution in [1.29, 1.82) is 0 Å². The number of hydrogen-bond acceptors (Lipinski definition) is 5. The topological polar surface area (TPSA) is 84.2 Å². The van der Waals surface area contributed by atoms with Gasteiger partial charge in [-0.05, 0) is 12.1 Å². The molecule has 5 heteroatoms. The third kappa shape index (κ3) is 3.37. The van der Waals surface area contributed by atoms with Crippen LogP contribution in [-0.4, -0.2) is 69.4 Å². The van der Waals surface area contributed by atoms with Crippen LogP contribution in [0.1, 0.15) is 5.56 Å². The number of nitrogens with zero attached hydrogens (tertiary/aromatic N) is 1. The predicted molar refractivity (Wildman–Crippen MR) is 73.8 cm³/mol. The van der Waals surface area contributed by atoms with Gasteiger partial charge in [0.15, 0.2) is 0 Å². The van der Waals surface area contributed by atoms with E-state index in [0.717, 1.165) is 5.56 Å². The van der Waals surface area contributed by atoms with Crippen LogP contribution < -0.4 is 0 Å². The Bertz CT molecular complexity index is 482. The summed E-state index contributed by atoms with van der Waals surface area (Å²) in [7, 11) is 0. The minimum atomic E-state index is -1.23. The largest absolute Gasteiger partial charge is 0.395 e. The van der Waals surface area contributed by atoms with Gasteiger partial charge in [-0.15, -0.1) is 0 Å². The molecular weight excluding hydrogens is 258 g/mol. The van der Waals surface area contributed by atoms with Crippen LogP contribution in [0.3, 0.4) is 0 Å². The zero-order valence-corrected chi connectivity index (χ0v) is 11.1. The van der Waals surface area contributed by atoms with Crippen molar-refractivity contribution in [3.63, 3.8) is 0 Å². The molecule has 0 spiro atoms. The summed E-state index contributed by atoms with van der Waals surface area (Å²) >= 11 is 0. The number of hydrogen-bond donors (Lipinski definition) is 4. The molecule has 2 rings (SSSR count). The van der Waals surface area contributed by atoms with Crippen molar-refractivity contribution in [2.24, 2.45) is 0 Å². The number of aliphatic hydroxyl groups excluding tert-OH is 4. The molecule has 4 N–H and O–H groups in total. The van der Waals surface area contributed by atoms with Gasteiger partial charge in [-0.25, -0.2) is 0 Å². The third-order valence-electron chi connectivity index (χ3n) is 3.50. The second kappa shape index (κ2) is 6.84. The van der Waals surface area contributed by atoms with Crippen molar-refractivity contribution in [3.05, 3.63) is 35.9 Å². The Kier molecular flexibility index (Phi) is 5.12. The lowest BCUT2D eigenvalue weighted by Crippen LogP contribution is -2.62. The first-order chi connectivity index (χ1) is 9.63. The maximum atomic E-state index is 9.83. The highest BCUT2D eigenvalue weighted by Crippen LogP contribution is 2.18. The number of rotatable bonds is 2. The summed E-state index contributed by atoms with van der Waals surface area (Å²) in [6.45, 7) is 0.186. The van der Waals surface area contributed by atoms with Gasteiger partial charge in [0.25, 0.3) is 0 Å². The summed E-state index contributed by atoms with van der Waals surface area (Å²) < 4.78 is 0. The van der Waals surface area contributed by atoms with Crippen molar-refractivity contribution in [3.8, 4) is 11.8 Å². The summed E-state index contributed by atoms with van der Waals surface area (Å²) in [5.41, 5.74) is 0.881. The van der Waals surface area contributed by atoms with Crippen LogP contribution in [0.5, 0.6) is 0 Å². The summed E-state index contributed by atoms with van der Waals surface area (Å²) in [6.07, 6.45) is -3.45. The maximum Gasteiger partial charge on any atom is 0.109 e. The van der Waals surface area contributed by atoms with Crippen LogP contribution in [0.15, 0.2) is 30.3 Å². The maximum absolute atomic E-state index is 9.83. The zero-order valence-electron chi connectivity index (χ0n) is 11.1. The van der Waals surface area contributed by atoms with Gasteiger partial charge in [0.1, 0.15) is 12.2 Å². The summed E-state index contributed by atoms with van der Waals surface area (Å²) in [5, 5.41) is 38.4. The highest BCUT2D eigenvalue weighted by atomic mass is 16.4. The fraction of sp³-hybridized carbons (Fsp3) is 0.467. The minimum Gasteiger partial charge on any atom is -0.395 e. The SMILES string of the molecule is OC[C@@H]1[C@@H](O)[C@H](O)[C@@H](O)CN1CC#Cc1ccccc1. The van der Waals surface area contributed by atoms with Crippen molar-refractivity contribution < 1.29 is 20.4 Å². The Morgan fingerprint density at radius 3 is 2.45 bits per heavy atom. The van der Waals surface area contributed by atoms with Gasteiger partial charge in [-0.1, -0.05) is 30.0 Å². The molecule has 1 fully saturated rings. The predicted octanol–water partition coefficient (Wildman–Crippen LogP) is -1.20. The van der Waals surface area contributed by atoms with Crippen LogP contribution in [-0.2, 0) is 0 Å². The van der Waals surface area contributed by atoms with E-state index in [2.05, 4.69) is 11.8 Å². The Morgan fingerprint density at radius 2 is 1.80 bits per heavy atom. The Balaban J connectivity index is 2.03. The van der Waals surface area contributed by atoms with Gasteiger partial charge in [0, 0.05) is 12.1 Å². The van der Waals surface area contributed by atoms with E-state index in [1.165, 1.54) is 0 Å². The van der Waals surface area contributed by atoms with Gasteiger partial charge in [-0.2, -0.15) is 0 Å². The van der Waals surface area contributed by atoms with Gasteiger partial charge >= 0.3 is 0 Å². The van der Waals surface area contributed by atoms with Gasteiger partial charge in [-0.3, -0.25) is 4.90 Å². The fourth-order valence-electron chi connectivity index (χ4n) is 2.32. The average molecular weight is 277 g/mol. The molecule has 1 aromatic rings. The molecule has 0 amide bonds. The first kappa shape index (κ1) is 15.0. The van der Waals surface area contributed by atoms with E-state index in [9.17, 15) is 20.4 Å². The van der Waals surface area contributed by atoms with E-state index in [1.54, 1.807) is 4.90 Å². The van der Waals surface area contributed by atoms with Crippen molar-refractivity contribution in [2.75, 3.05) is 19.7 Å². The lowest BCUT2D eigenvalue weighted by Gasteiger charge is -2.42. The number of benzene rings is 1. The normalized spacial score (nSPS) is 30.6. The van der Waals surface area contributed by atoms with E-state index >= 15 is 0 Å². The number of aliphatic hydroxyl groups is 4. The quantitative estimate of drug-likeness (QED) is 0.510. The molecule has 5 nitrogen and oxygen atoms in total. The molecule has 0 radical (unpaired) electrons. The molecule has 0 bridgehead atoms. The lowest BCUT2D eigenvalue weighted by atomic mass is 9.94. The molecule has 1 aromatic carbocycles. The van der Waals surface area contributed by atoms with E-state index < -0.39 is 24.4 Å². The summed E-state index contributed by atoms with van der Waals surface area (Å²) in [6, 6.07) is 8.86. The lowest BCUT2D eigenvalue weighted by molar-refractivity contribution is -0.142. The molecule has 1 aliphatic heterocycles. The average Bonchev–Trinajstić information content (AvgIpc) is 2.46. The highest BCUT2D eigenvalue weighted by Gasteiger charge is 2.40. The van der Waals surface area contributed by atoms with E-state index in [-0.39, 0.29) is 13.2 Å². The number of likely N-dealkylation sites (tertiary alicyclic amines) is 1. The molecule has 0 aliphatic carbocycles. The monoisotopic (exact) mass is 277 g/mol. The molecule has 20 heavy (non-hydrogen) atoms. The van der Waals surface area contributed by atoms with Crippen molar-refractivity contribution >= 4 is 0 Å². The van der Waals surface area contributed by atoms with E-state index in [4.69, 9.17) is 0 Å². The summed E-state index contributed by atoms with van der Waals surface area (Å²) in [5.74, 6) is 5.93. The molecule has 1 aliphatic rings. The van der Waals surface area contributed by atoms with Crippen LogP contribution in [0, 0.1) is 11.8 Å². The first-order valence-electron chi connectivity index (χ1n) is 6.56. The molecule has 0 unspecified atom stereocenters. The Hall–Kier alpha value is -1.42. The van der Waals surface area contributed by atoms with Gasteiger partial charge in [0.05, 0.1) is 25.3 Å². The third-order valence-corrected chi connectivity index (χ3v) is 3.50. The number of piperidine rings is 1. The fourth-order valence-corrected chi connectivity index (χ4v) is 2.32. The van der Waals surface area contributed by atoms with Crippen LogP contribution in [0.25, 0.3) is 0 Å². The smallest absolute Gasteiger partial charge is 0.109 e. The molecule has 0 saturated carbocycles. The van der Waals surface area contributed by atoms with Crippen LogP contribution >= 0.6 is 0 Å². The number of β-amino-alcohol motifs (C(OH)–C–C–N with tert-alkyl or cyclic N) is 1. The minimum absolute atomic E-state index is 0.174.